The van der Waals surface area contributed by atoms with Gasteiger partial charge in [-0.25, -0.2) is 0 Å². The lowest BCUT2D eigenvalue weighted by Crippen LogP contribution is -2.34. The zero-order chi connectivity index (χ0) is 13.2. The largest absolute Gasteiger partial charge is 0.497 e. The fourth-order valence-electron chi connectivity index (χ4n) is 3.22. The van der Waals surface area contributed by atoms with Gasteiger partial charge >= 0.3 is 0 Å². The average molecular weight is 260 g/mol. The van der Waals surface area contributed by atoms with Gasteiger partial charge < -0.3 is 9.47 Å². The molecule has 0 saturated heterocycles. The van der Waals surface area contributed by atoms with Crippen LogP contribution in [0.4, 0.5) is 0 Å². The van der Waals surface area contributed by atoms with E-state index in [9.17, 15) is 4.79 Å². The van der Waals surface area contributed by atoms with Crippen molar-refractivity contribution in [2.45, 2.75) is 44.6 Å². The number of methoxy groups -OCH3 is 1. The van der Waals surface area contributed by atoms with E-state index in [-0.39, 0.29) is 11.9 Å². The maximum atomic E-state index is 12.3. The third kappa shape index (κ3) is 2.46. The summed E-state index contributed by atoms with van der Waals surface area (Å²) >= 11 is 0. The smallest absolute Gasteiger partial charge is 0.170 e. The van der Waals surface area contributed by atoms with Crippen molar-refractivity contribution in [1.29, 1.82) is 0 Å². The Morgan fingerprint density at radius 2 is 2.00 bits per heavy atom. The van der Waals surface area contributed by atoms with Gasteiger partial charge in [-0.2, -0.15) is 0 Å². The molecule has 3 rings (SSSR count). The molecule has 1 saturated carbocycles. The molecule has 1 atom stereocenters. The number of benzene rings is 1. The van der Waals surface area contributed by atoms with E-state index in [1.54, 1.807) is 13.2 Å². The zero-order valence-corrected chi connectivity index (χ0v) is 11.4. The Labute approximate surface area is 113 Å². The molecule has 1 aromatic rings. The van der Waals surface area contributed by atoms with Crippen molar-refractivity contribution in [1.82, 2.24) is 0 Å². The van der Waals surface area contributed by atoms with Gasteiger partial charge in [-0.1, -0.05) is 19.3 Å². The summed E-state index contributed by atoms with van der Waals surface area (Å²) < 4.78 is 11.2. The van der Waals surface area contributed by atoms with Crippen molar-refractivity contribution in [3.63, 3.8) is 0 Å². The van der Waals surface area contributed by atoms with Crippen molar-refractivity contribution in [2.24, 2.45) is 5.92 Å². The first kappa shape index (κ1) is 12.5. The van der Waals surface area contributed by atoms with Crippen LogP contribution in [0.5, 0.6) is 11.5 Å². The molecule has 1 heterocycles. The highest BCUT2D eigenvalue weighted by Gasteiger charge is 2.33. The summed E-state index contributed by atoms with van der Waals surface area (Å²) in [6, 6.07) is 5.51. The SMILES string of the molecule is COc1ccc2c(c1)C(=O)CC(C1CCCCC1)O2. The van der Waals surface area contributed by atoms with Gasteiger partial charge in [0, 0.05) is 6.42 Å². The molecule has 1 aliphatic carbocycles. The van der Waals surface area contributed by atoms with Gasteiger partial charge in [0.15, 0.2) is 5.78 Å². The van der Waals surface area contributed by atoms with Crippen molar-refractivity contribution in [3.05, 3.63) is 23.8 Å². The van der Waals surface area contributed by atoms with Gasteiger partial charge in [0.05, 0.1) is 12.7 Å². The molecule has 3 heteroatoms. The summed E-state index contributed by atoms with van der Waals surface area (Å²) in [6.45, 7) is 0. The standard InChI is InChI=1S/C16H20O3/c1-18-12-7-8-15-13(9-12)14(17)10-16(19-15)11-5-3-2-4-6-11/h7-9,11,16H,2-6,10H2,1H3. The van der Waals surface area contributed by atoms with Crippen molar-refractivity contribution < 1.29 is 14.3 Å². The molecular formula is C16H20O3. The number of ether oxygens (including phenoxy) is 2. The van der Waals surface area contributed by atoms with E-state index in [4.69, 9.17) is 9.47 Å². The molecule has 3 nitrogen and oxygen atoms in total. The minimum Gasteiger partial charge on any atom is -0.497 e. The highest BCUT2D eigenvalue weighted by atomic mass is 16.5. The maximum absolute atomic E-state index is 12.3. The summed E-state index contributed by atoms with van der Waals surface area (Å²) in [4.78, 5) is 12.3. The van der Waals surface area contributed by atoms with Crippen LogP contribution in [0.2, 0.25) is 0 Å². The molecule has 2 aliphatic rings. The molecule has 1 aliphatic heterocycles. The molecule has 0 bridgehead atoms. The Morgan fingerprint density at radius 3 is 2.74 bits per heavy atom. The molecule has 1 fully saturated rings. The average Bonchev–Trinajstić information content (AvgIpc) is 2.48. The van der Waals surface area contributed by atoms with Crippen molar-refractivity contribution >= 4 is 5.78 Å². The van der Waals surface area contributed by atoms with Crippen LogP contribution in [0.3, 0.4) is 0 Å². The van der Waals surface area contributed by atoms with Crippen LogP contribution >= 0.6 is 0 Å². The van der Waals surface area contributed by atoms with Crippen LogP contribution in [-0.2, 0) is 0 Å². The Bertz CT molecular complexity index is 475. The van der Waals surface area contributed by atoms with Gasteiger partial charge in [-0.05, 0) is 37.0 Å². The fourth-order valence-corrected chi connectivity index (χ4v) is 3.22. The van der Waals surface area contributed by atoms with Crippen LogP contribution in [0.1, 0.15) is 48.9 Å². The number of rotatable bonds is 2. The second-order valence-electron chi connectivity index (χ2n) is 5.54. The second kappa shape index (κ2) is 5.24. The monoisotopic (exact) mass is 260 g/mol. The molecule has 0 spiro atoms. The first-order chi connectivity index (χ1) is 9.28. The van der Waals surface area contributed by atoms with Crippen molar-refractivity contribution in [2.75, 3.05) is 7.11 Å². The first-order valence-electron chi connectivity index (χ1n) is 7.16. The quantitative estimate of drug-likeness (QED) is 0.815. The zero-order valence-electron chi connectivity index (χ0n) is 11.4. The number of Topliss-reactive ketones (excluding diaryl/α,β-unsaturated/α-hetero) is 1. The number of hydrogen-bond donors (Lipinski definition) is 0. The highest BCUT2D eigenvalue weighted by molar-refractivity contribution is 6.00. The Balaban J connectivity index is 1.81. The second-order valence-corrected chi connectivity index (χ2v) is 5.54. The van der Waals surface area contributed by atoms with E-state index < -0.39 is 0 Å². The summed E-state index contributed by atoms with van der Waals surface area (Å²) in [5.74, 6) is 2.18. The van der Waals surface area contributed by atoms with E-state index in [1.165, 1.54) is 32.1 Å². The van der Waals surface area contributed by atoms with E-state index in [0.29, 0.717) is 23.7 Å². The molecule has 0 N–H and O–H groups in total. The summed E-state index contributed by atoms with van der Waals surface area (Å²) in [5.41, 5.74) is 0.673. The lowest BCUT2D eigenvalue weighted by atomic mass is 9.82. The maximum Gasteiger partial charge on any atom is 0.170 e. The van der Waals surface area contributed by atoms with Crippen LogP contribution < -0.4 is 9.47 Å². The lowest BCUT2D eigenvalue weighted by molar-refractivity contribution is 0.0654. The van der Waals surface area contributed by atoms with Crippen LogP contribution in [0.25, 0.3) is 0 Å². The minimum atomic E-state index is 0.0775. The molecule has 0 radical (unpaired) electrons. The molecule has 0 aromatic heterocycles. The molecular weight excluding hydrogens is 240 g/mol. The Morgan fingerprint density at radius 1 is 1.21 bits per heavy atom. The third-order valence-corrected chi connectivity index (χ3v) is 4.33. The first-order valence-corrected chi connectivity index (χ1v) is 7.16. The van der Waals surface area contributed by atoms with Gasteiger partial charge in [0.1, 0.15) is 17.6 Å². The molecule has 102 valence electrons. The third-order valence-electron chi connectivity index (χ3n) is 4.33. The number of ketones is 1. The predicted octanol–water partition coefficient (Wildman–Crippen LogP) is 3.61. The number of carbonyl (C=O) groups excluding carboxylic acids is 1. The Kier molecular flexibility index (Phi) is 3.45. The predicted molar refractivity (Wildman–Crippen MR) is 72.9 cm³/mol. The number of fused-ring (bicyclic) bond motifs is 1. The molecule has 1 unspecified atom stereocenters. The van der Waals surface area contributed by atoms with E-state index in [0.717, 1.165) is 5.75 Å². The number of hydrogen-bond acceptors (Lipinski definition) is 3. The molecule has 19 heavy (non-hydrogen) atoms. The van der Waals surface area contributed by atoms with E-state index in [1.807, 2.05) is 12.1 Å². The molecule has 1 aromatic carbocycles. The fraction of sp³-hybridized carbons (Fsp3) is 0.562. The molecule has 0 amide bonds. The van der Waals surface area contributed by atoms with E-state index in [2.05, 4.69) is 0 Å². The Hall–Kier alpha value is -1.51. The van der Waals surface area contributed by atoms with Crippen LogP contribution in [0, 0.1) is 5.92 Å². The van der Waals surface area contributed by atoms with Crippen LogP contribution in [0.15, 0.2) is 18.2 Å². The van der Waals surface area contributed by atoms with Gasteiger partial charge in [0.25, 0.3) is 0 Å². The summed E-state index contributed by atoms with van der Waals surface area (Å²) in [7, 11) is 1.61. The normalized spacial score (nSPS) is 23.6. The van der Waals surface area contributed by atoms with E-state index >= 15 is 0 Å². The van der Waals surface area contributed by atoms with Gasteiger partial charge in [-0.15, -0.1) is 0 Å². The topological polar surface area (TPSA) is 35.5 Å². The van der Waals surface area contributed by atoms with Crippen LogP contribution in [-0.4, -0.2) is 19.0 Å². The van der Waals surface area contributed by atoms with Crippen molar-refractivity contribution in [3.8, 4) is 11.5 Å². The highest BCUT2D eigenvalue weighted by Crippen LogP contribution is 2.37. The lowest BCUT2D eigenvalue weighted by Gasteiger charge is -2.33. The summed E-state index contributed by atoms with van der Waals surface area (Å²) in [6.07, 6.45) is 6.86. The minimum absolute atomic E-state index is 0.0775. The van der Waals surface area contributed by atoms with Gasteiger partial charge in [0.2, 0.25) is 0 Å². The number of carbonyl (C=O) groups is 1. The van der Waals surface area contributed by atoms with Gasteiger partial charge in [-0.3, -0.25) is 4.79 Å². The summed E-state index contributed by atoms with van der Waals surface area (Å²) in [5, 5.41) is 0.